The van der Waals surface area contributed by atoms with Crippen molar-refractivity contribution in [1.29, 1.82) is 0 Å². The summed E-state index contributed by atoms with van der Waals surface area (Å²) >= 11 is 0. The Labute approximate surface area is 140 Å². The lowest BCUT2D eigenvalue weighted by atomic mass is 10.1. The fraction of sp³-hybridized carbons (Fsp3) is 0.400. The van der Waals surface area contributed by atoms with Gasteiger partial charge in [0.2, 0.25) is 0 Å². The molecule has 2 aromatic heterocycles. The lowest BCUT2D eigenvalue weighted by Crippen LogP contribution is -2.25. The molecule has 0 saturated carbocycles. The molecule has 1 fully saturated rings. The highest BCUT2D eigenvalue weighted by Crippen LogP contribution is 2.29. The summed E-state index contributed by atoms with van der Waals surface area (Å²) in [7, 11) is -2.85. The minimum Gasteiger partial charge on any atom is -0.481 e. The van der Waals surface area contributed by atoms with Crippen molar-refractivity contribution in [3.8, 4) is 11.4 Å². The molecule has 0 bridgehead atoms. The zero-order chi connectivity index (χ0) is 17.7. The van der Waals surface area contributed by atoms with Gasteiger partial charge in [0.1, 0.15) is 21.5 Å². The second-order valence-corrected chi connectivity index (χ2v) is 7.83. The van der Waals surface area contributed by atoms with Crippen LogP contribution in [0.1, 0.15) is 25.8 Å². The van der Waals surface area contributed by atoms with E-state index in [1.54, 1.807) is 18.5 Å². The number of carboxylic acids is 1. The normalized spacial score (nSPS) is 16.9. The summed E-state index contributed by atoms with van der Waals surface area (Å²) in [4.78, 5) is 17.3. The number of hydrogen-bond acceptors (Lipinski definition) is 6. The Morgan fingerprint density at radius 2 is 1.92 bits per heavy atom. The Hall–Kier alpha value is -2.42. The van der Waals surface area contributed by atoms with E-state index in [-0.39, 0.29) is 17.5 Å². The first-order valence-electron chi connectivity index (χ1n) is 7.43. The third-order valence-corrected chi connectivity index (χ3v) is 5.34. The molecule has 24 heavy (non-hydrogen) atoms. The molecule has 9 heteroatoms. The number of hydrogen-bond donors (Lipinski definition) is 2. The molecule has 130 valence electrons. The van der Waals surface area contributed by atoms with Crippen LogP contribution in [0.4, 0.5) is 5.82 Å². The maximum Gasteiger partial charge on any atom is 0.300 e. The van der Waals surface area contributed by atoms with Crippen LogP contribution in [0, 0.1) is 0 Å². The number of carboxylic acid groups (broad SMARTS) is 1. The van der Waals surface area contributed by atoms with Crippen molar-refractivity contribution in [2.24, 2.45) is 0 Å². The molecule has 0 atom stereocenters. The van der Waals surface area contributed by atoms with Gasteiger partial charge in [-0.3, -0.25) is 4.79 Å². The number of pyridine rings is 1. The topological polar surface area (TPSA) is 128 Å². The Morgan fingerprint density at radius 3 is 2.50 bits per heavy atom. The Morgan fingerprint density at radius 1 is 1.29 bits per heavy atom. The molecular formula is C15H20N4O4S. The molecule has 3 rings (SSSR count). The van der Waals surface area contributed by atoms with Gasteiger partial charge >= 0.3 is 0 Å². The molecule has 0 radical (unpaired) electrons. The van der Waals surface area contributed by atoms with E-state index >= 15 is 0 Å². The Kier molecular flexibility index (Phi) is 5.55. The van der Waals surface area contributed by atoms with E-state index in [0.29, 0.717) is 18.7 Å². The van der Waals surface area contributed by atoms with E-state index in [2.05, 4.69) is 9.97 Å². The predicted molar refractivity (Wildman–Crippen MR) is 90.1 cm³/mol. The van der Waals surface area contributed by atoms with Gasteiger partial charge in [0.15, 0.2) is 0 Å². The molecule has 0 spiro atoms. The number of aliphatic carboxylic acids is 1. The second-order valence-electron chi connectivity index (χ2n) is 5.53. The van der Waals surface area contributed by atoms with E-state index in [9.17, 15) is 8.42 Å². The lowest BCUT2D eigenvalue weighted by Gasteiger charge is -2.24. The van der Waals surface area contributed by atoms with Crippen LogP contribution in [0.3, 0.4) is 0 Å². The number of anilines is 1. The van der Waals surface area contributed by atoms with Gasteiger partial charge in [0.05, 0.1) is 11.5 Å². The molecule has 1 aliphatic rings. The standard InChI is InChI=1S/C13H16N4O2S.C2H4O2/c14-12-9-10(1-4-15-12)13-16-5-6-17(13)11-2-7-20(18,19)8-3-11;1-2(3)4/h1,4-6,9,11H,2-3,7-8H2,(H2,14,15);1H3,(H,3,4). The molecule has 0 aliphatic carbocycles. The van der Waals surface area contributed by atoms with E-state index < -0.39 is 15.8 Å². The van der Waals surface area contributed by atoms with Crippen molar-refractivity contribution in [2.45, 2.75) is 25.8 Å². The van der Waals surface area contributed by atoms with Crippen LogP contribution in [0.2, 0.25) is 0 Å². The number of rotatable bonds is 2. The highest BCUT2D eigenvalue weighted by atomic mass is 32.2. The van der Waals surface area contributed by atoms with E-state index in [4.69, 9.17) is 15.6 Å². The third-order valence-electron chi connectivity index (χ3n) is 3.63. The smallest absolute Gasteiger partial charge is 0.300 e. The number of nitrogens with zero attached hydrogens (tertiary/aromatic N) is 3. The zero-order valence-electron chi connectivity index (χ0n) is 13.3. The third kappa shape index (κ3) is 4.79. The molecule has 2 aromatic rings. The number of aromatic nitrogens is 3. The molecular weight excluding hydrogens is 332 g/mol. The van der Waals surface area contributed by atoms with Gasteiger partial charge in [-0.15, -0.1) is 0 Å². The molecule has 0 unspecified atom stereocenters. The van der Waals surface area contributed by atoms with Crippen LogP contribution in [-0.4, -0.2) is 45.5 Å². The first kappa shape index (κ1) is 17.9. The summed E-state index contributed by atoms with van der Waals surface area (Å²) in [5.74, 6) is 0.910. The van der Waals surface area contributed by atoms with E-state index in [1.165, 1.54) is 0 Å². The molecule has 8 nitrogen and oxygen atoms in total. The fourth-order valence-electron chi connectivity index (χ4n) is 2.57. The maximum absolute atomic E-state index is 11.5. The fourth-order valence-corrected chi connectivity index (χ4v) is 4.04. The highest BCUT2D eigenvalue weighted by Gasteiger charge is 2.26. The molecule has 1 saturated heterocycles. The summed E-state index contributed by atoms with van der Waals surface area (Å²) in [6, 6.07) is 3.80. The van der Waals surface area contributed by atoms with Gasteiger partial charge in [-0.2, -0.15) is 0 Å². The van der Waals surface area contributed by atoms with Crippen LogP contribution in [0.25, 0.3) is 11.4 Å². The van der Waals surface area contributed by atoms with Crippen molar-refractivity contribution < 1.29 is 18.3 Å². The quantitative estimate of drug-likeness (QED) is 0.835. The highest BCUT2D eigenvalue weighted by molar-refractivity contribution is 7.91. The largest absolute Gasteiger partial charge is 0.481 e. The lowest BCUT2D eigenvalue weighted by molar-refractivity contribution is -0.134. The predicted octanol–water partition coefficient (Wildman–Crippen LogP) is 1.37. The summed E-state index contributed by atoms with van der Waals surface area (Å²) in [5, 5.41) is 7.42. The SMILES string of the molecule is CC(=O)O.Nc1cc(-c2nccn2C2CCS(=O)(=O)CC2)ccn1. The average molecular weight is 352 g/mol. The van der Waals surface area contributed by atoms with E-state index in [1.807, 2.05) is 16.8 Å². The average Bonchev–Trinajstić information content (AvgIpc) is 2.96. The van der Waals surface area contributed by atoms with Crippen LogP contribution in [0.5, 0.6) is 0 Å². The number of sulfone groups is 1. The summed E-state index contributed by atoms with van der Waals surface area (Å²) in [6.45, 7) is 1.08. The number of carbonyl (C=O) groups is 1. The van der Waals surface area contributed by atoms with Crippen LogP contribution in [0.15, 0.2) is 30.7 Å². The number of nitrogens with two attached hydrogens (primary N) is 1. The second kappa shape index (κ2) is 7.43. The summed E-state index contributed by atoms with van der Waals surface area (Å²) < 4.78 is 25.1. The number of imidazole rings is 1. The van der Waals surface area contributed by atoms with Crippen molar-refractivity contribution in [3.05, 3.63) is 30.7 Å². The Balaban J connectivity index is 0.000000471. The minimum absolute atomic E-state index is 0.172. The Bertz CT molecular complexity index is 798. The van der Waals surface area contributed by atoms with Crippen LogP contribution >= 0.6 is 0 Å². The van der Waals surface area contributed by atoms with Gasteiger partial charge in [-0.05, 0) is 25.0 Å². The van der Waals surface area contributed by atoms with Gasteiger partial charge < -0.3 is 15.4 Å². The van der Waals surface area contributed by atoms with Gasteiger partial charge in [0.25, 0.3) is 5.97 Å². The van der Waals surface area contributed by atoms with Gasteiger partial charge in [0, 0.05) is 37.1 Å². The van der Waals surface area contributed by atoms with Crippen molar-refractivity contribution in [3.63, 3.8) is 0 Å². The summed E-state index contributed by atoms with van der Waals surface area (Å²) in [5.41, 5.74) is 6.60. The van der Waals surface area contributed by atoms with E-state index in [0.717, 1.165) is 18.3 Å². The molecule has 0 aromatic carbocycles. The molecule has 3 N–H and O–H groups in total. The summed E-state index contributed by atoms with van der Waals surface area (Å²) in [6.07, 6.45) is 6.54. The molecule has 1 aliphatic heterocycles. The number of nitrogen functional groups attached to an aromatic ring is 1. The van der Waals surface area contributed by atoms with Gasteiger partial charge in [-0.25, -0.2) is 18.4 Å². The maximum atomic E-state index is 11.5. The monoisotopic (exact) mass is 352 g/mol. The van der Waals surface area contributed by atoms with Crippen molar-refractivity contribution in [1.82, 2.24) is 14.5 Å². The first-order valence-corrected chi connectivity index (χ1v) is 9.25. The van der Waals surface area contributed by atoms with Gasteiger partial charge in [-0.1, -0.05) is 0 Å². The van der Waals surface area contributed by atoms with Crippen molar-refractivity contribution in [2.75, 3.05) is 17.2 Å². The minimum atomic E-state index is -2.85. The first-order chi connectivity index (χ1) is 11.3. The molecule has 3 heterocycles. The van der Waals surface area contributed by atoms with Crippen LogP contribution in [-0.2, 0) is 14.6 Å². The molecule has 0 amide bonds. The van der Waals surface area contributed by atoms with Crippen molar-refractivity contribution >= 4 is 21.6 Å². The zero-order valence-corrected chi connectivity index (χ0v) is 14.1. The van der Waals surface area contributed by atoms with Crippen LogP contribution < -0.4 is 5.73 Å².